The van der Waals surface area contributed by atoms with Crippen molar-refractivity contribution in [3.63, 3.8) is 0 Å². The Labute approximate surface area is 85.1 Å². The first-order chi connectivity index (χ1) is 5.75. The zero-order chi connectivity index (χ0) is 8.97. The van der Waals surface area contributed by atoms with E-state index in [1.807, 2.05) is 17.8 Å². The number of imidazole rings is 1. The number of hydrogen-bond donors (Lipinski definition) is 2. The smallest absolute Gasteiger partial charge is 0.203 e. The van der Waals surface area contributed by atoms with Crippen molar-refractivity contribution >= 4 is 28.5 Å². The molecular weight excluding hydrogens is 269 g/mol. The highest BCUT2D eigenvalue weighted by atomic mass is 127. The van der Waals surface area contributed by atoms with Crippen molar-refractivity contribution in [1.29, 1.82) is 0 Å². The van der Waals surface area contributed by atoms with Gasteiger partial charge in [0.25, 0.3) is 0 Å². The van der Waals surface area contributed by atoms with Gasteiger partial charge >= 0.3 is 0 Å². The zero-order valence-electron chi connectivity index (χ0n) is 6.92. The minimum Gasteiger partial charge on any atom is -0.396 e. The summed E-state index contributed by atoms with van der Waals surface area (Å²) in [6, 6.07) is 0. The summed E-state index contributed by atoms with van der Waals surface area (Å²) in [6.07, 6.45) is 2.56. The van der Waals surface area contributed by atoms with Crippen LogP contribution in [0.25, 0.3) is 0 Å². The zero-order valence-corrected chi connectivity index (χ0v) is 9.08. The predicted octanol–water partition coefficient (Wildman–Crippen LogP) is 0.819. The maximum absolute atomic E-state index is 8.55. The third-order valence-corrected chi connectivity index (χ3v) is 2.55. The number of anilines is 1. The quantitative estimate of drug-likeness (QED) is 0.634. The largest absolute Gasteiger partial charge is 0.396 e. The second-order valence-corrected chi connectivity index (χ2v) is 3.57. The fourth-order valence-corrected chi connectivity index (χ4v) is 1.20. The number of aromatic nitrogens is 2. The molecule has 1 rings (SSSR count). The minimum absolute atomic E-state index is 0.217. The number of rotatable bonds is 4. The Morgan fingerprint density at radius 3 is 3.00 bits per heavy atom. The number of halogens is 1. The van der Waals surface area contributed by atoms with E-state index in [0.29, 0.717) is 0 Å². The maximum Gasteiger partial charge on any atom is 0.203 e. The molecule has 0 aliphatic rings. The lowest BCUT2D eigenvalue weighted by Gasteiger charge is -2.04. The van der Waals surface area contributed by atoms with Crippen LogP contribution in [0.5, 0.6) is 0 Å². The van der Waals surface area contributed by atoms with Gasteiger partial charge in [-0.15, -0.1) is 0 Å². The lowest BCUT2D eigenvalue weighted by molar-refractivity contribution is 0.292. The molecule has 0 aliphatic heterocycles. The molecule has 0 radical (unpaired) electrons. The molecule has 68 valence electrons. The third kappa shape index (κ3) is 2.34. The SMILES string of the molecule is Cn1c(I)cnc1NCCCO. The summed E-state index contributed by atoms with van der Waals surface area (Å²) >= 11 is 2.22. The van der Waals surface area contributed by atoms with Gasteiger partial charge in [-0.25, -0.2) is 4.98 Å². The normalized spacial score (nSPS) is 10.2. The standard InChI is InChI=1S/C7H12IN3O/c1-11-6(8)5-10-7(11)9-3-2-4-12/h5,12H,2-4H2,1H3,(H,9,10). The molecule has 0 saturated heterocycles. The van der Waals surface area contributed by atoms with Gasteiger partial charge in [0.2, 0.25) is 5.95 Å². The molecule has 1 heterocycles. The summed E-state index contributed by atoms with van der Waals surface area (Å²) in [6.45, 7) is 0.978. The fourth-order valence-electron chi connectivity index (χ4n) is 0.832. The Hall–Kier alpha value is -0.300. The van der Waals surface area contributed by atoms with E-state index in [0.717, 1.165) is 22.6 Å². The molecule has 0 aromatic carbocycles. The van der Waals surface area contributed by atoms with Gasteiger partial charge < -0.3 is 15.0 Å². The second kappa shape index (κ2) is 4.66. The first-order valence-corrected chi connectivity index (χ1v) is 4.85. The summed E-state index contributed by atoms with van der Waals surface area (Å²) in [4.78, 5) is 4.15. The Bertz CT molecular complexity index is 249. The summed E-state index contributed by atoms with van der Waals surface area (Å²) < 4.78 is 3.07. The van der Waals surface area contributed by atoms with E-state index in [1.165, 1.54) is 0 Å². The van der Waals surface area contributed by atoms with E-state index in [9.17, 15) is 0 Å². The van der Waals surface area contributed by atoms with E-state index in [2.05, 4.69) is 32.9 Å². The van der Waals surface area contributed by atoms with Gasteiger partial charge in [0.05, 0.1) is 6.20 Å². The van der Waals surface area contributed by atoms with Crippen molar-refractivity contribution in [2.24, 2.45) is 7.05 Å². The average Bonchev–Trinajstić information content (AvgIpc) is 2.36. The van der Waals surface area contributed by atoms with Gasteiger partial charge in [0.1, 0.15) is 3.70 Å². The van der Waals surface area contributed by atoms with Crippen LogP contribution in [0.3, 0.4) is 0 Å². The van der Waals surface area contributed by atoms with Crippen molar-refractivity contribution in [2.45, 2.75) is 6.42 Å². The lowest BCUT2D eigenvalue weighted by Crippen LogP contribution is -2.08. The van der Waals surface area contributed by atoms with Crippen LogP contribution >= 0.6 is 22.6 Å². The van der Waals surface area contributed by atoms with E-state index >= 15 is 0 Å². The van der Waals surface area contributed by atoms with Gasteiger partial charge in [-0.05, 0) is 29.0 Å². The maximum atomic E-state index is 8.55. The average molecular weight is 281 g/mol. The van der Waals surface area contributed by atoms with E-state index < -0.39 is 0 Å². The highest BCUT2D eigenvalue weighted by Gasteiger charge is 2.01. The third-order valence-electron chi connectivity index (χ3n) is 1.55. The molecule has 0 spiro atoms. The second-order valence-electron chi connectivity index (χ2n) is 2.47. The summed E-state index contributed by atoms with van der Waals surface area (Å²) in [5.74, 6) is 0.854. The molecule has 0 aliphatic carbocycles. The first-order valence-electron chi connectivity index (χ1n) is 3.77. The van der Waals surface area contributed by atoms with Crippen LogP contribution in [-0.2, 0) is 7.05 Å². The summed E-state index contributed by atoms with van der Waals surface area (Å²) in [7, 11) is 1.95. The highest BCUT2D eigenvalue weighted by molar-refractivity contribution is 14.1. The highest BCUT2D eigenvalue weighted by Crippen LogP contribution is 2.09. The van der Waals surface area contributed by atoms with Gasteiger partial charge in [-0.2, -0.15) is 0 Å². The molecule has 0 bridgehead atoms. The number of nitrogens with zero attached hydrogens (tertiary/aromatic N) is 2. The fraction of sp³-hybridized carbons (Fsp3) is 0.571. The van der Waals surface area contributed by atoms with Crippen LogP contribution in [0.1, 0.15) is 6.42 Å². The number of aliphatic hydroxyl groups is 1. The summed E-state index contributed by atoms with van der Waals surface area (Å²) in [5.41, 5.74) is 0. The molecule has 5 heteroatoms. The number of nitrogens with one attached hydrogen (secondary N) is 1. The van der Waals surface area contributed by atoms with Crippen LogP contribution in [0.4, 0.5) is 5.95 Å². The van der Waals surface area contributed by atoms with Gasteiger partial charge in [-0.3, -0.25) is 0 Å². The number of aliphatic hydroxyl groups excluding tert-OH is 1. The van der Waals surface area contributed by atoms with E-state index in [-0.39, 0.29) is 6.61 Å². The van der Waals surface area contributed by atoms with Crippen molar-refractivity contribution in [3.8, 4) is 0 Å². The molecule has 0 unspecified atom stereocenters. The molecule has 4 nitrogen and oxygen atoms in total. The van der Waals surface area contributed by atoms with Crippen molar-refractivity contribution < 1.29 is 5.11 Å². The molecule has 0 fully saturated rings. The molecule has 0 saturated carbocycles. The molecule has 12 heavy (non-hydrogen) atoms. The van der Waals surface area contributed by atoms with Crippen LogP contribution in [0.15, 0.2) is 6.20 Å². The molecule has 0 amide bonds. The molecule has 1 aromatic heterocycles. The van der Waals surface area contributed by atoms with E-state index in [4.69, 9.17) is 5.11 Å². The van der Waals surface area contributed by atoms with Crippen LogP contribution < -0.4 is 5.32 Å². The van der Waals surface area contributed by atoms with Gasteiger partial charge in [-0.1, -0.05) is 0 Å². The van der Waals surface area contributed by atoms with Crippen LogP contribution in [0.2, 0.25) is 0 Å². The molecule has 0 atom stereocenters. The van der Waals surface area contributed by atoms with Crippen molar-refractivity contribution in [2.75, 3.05) is 18.5 Å². The molecule has 1 aromatic rings. The van der Waals surface area contributed by atoms with Gasteiger partial charge in [0.15, 0.2) is 0 Å². The van der Waals surface area contributed by atoms with Crippen molar-refractivity contribution in [1.82, 2.24) is 9.55 Å². The predicted molar refractivity (Wildman–Crippen MR) is 56.1 cm³/mol. The van der Waals surface area contributed by atoms with Crippen LogP contribution in [-0.4, -0.2) is 27.8 Å². The Balaban J connectivity index is 2.46. The Morgan fingerprint density at radius 1 is 1.75 bits per heavy atom. The van der Waals surface area contributed by atoms with E-state index in [1.54, 1.807) is 0 Å². The monoisotopic (exact) mass is 281 g/mol. The lowest BCUT2D eigenvalue weighted by atomic mass is 10.4. The topological polar surface area (TPSA) is 50.1 Å². The minimum atomic E-state index is 0.217. The Morgan fingerprint density at radius 2 is 2.50 bits per heavy atom. The van der Waals surface area contributed by atoms with Gasteiger partial charge in [0, 0.05) is 20.2 Å². The molecule has 2 N–H and O–H groups in total. The van der Waals surface area contributed by atoms with Crippen molar-refractivity contribution in [3.05, 3.63) is 9.90 Å². The Kier molecular flexibility index (Phi) is 3.80. The van der Waals surface area contributed by atoms with Crippen LogP contribution in [0, 0.1) is 3.70 Å². The number of hydrogen-bond acceptors (Lipinski definition) is 3. The first kappa shape index (κ1) is 9.79. The molecular formula is C7H12IN3O. The summed E-state index contributed by atoms with van der Waals surface area (Å²) in [5, 5.41) is 11.7.